The summed E-state index contributed by atoms with van der Waals surface area (Å²) >= 11 is 0. The molecule has 0 aromatic carbocycles. The molecule has 98 valence electrons. The lowest BCUT2D eigenvalue weighted by Crippen LogP contribution is -2.40. The molecule has 0 radical (unpaired) electrons. The van der Waals surface area contributed by atoms with Crippen LogP contribution in [0, 0.1) is 0 Å². The van der Waals surface area contributed by atoms with Crippen LogP contribution in [0.2, 0.25) is 0 Å². The summed E-state index contributed by atoms with van der Waals surface area (Å²) in [6.45, 7) is 1.09. The molecule has 1 heterocycles. The smallest absolute Gasteiger partial charge is 0.279 e. The number of aromatic nitrogens is 2. The first kappa shape index (κ1) is 14.0. The van der Waals surface area contributed by atoms with Gasteiger partial charge in [0.15, 0.2) is 5.82 Å². The number of nitrogens with one attached hydrogen (secondary N) is 1. The van der Waals surface area contributed by atoms with E-state index in [0.29, 0.717) is 31.8 Å². The van der Waals surface area contributed by atoms with E-state index in [1.807, 2.05) is 0 Å². The maximum atomic E-state index is 11.7. The first-order valence-corrected chi connectivity index (χ1v) is 6.66. The Morgan fingerprint density at radius 1 is 1.59 bits per heavy atom. The first-order valence-electron chi connectivity index (χ1n) is 5.22. The zero-order valence-corrected chi connectivity index (χ0v) is 10.5. The van der Waals surface area contributed by atoms with Crippen LogP contribution in [0.1, 0.15) is 12.2 Å². The topological polar surface area (TPSA) is 114 Å². The van der Waals surface area contributed by atoms with E-state index in [4.69, 9.17) is 5.73 Å². The van der Waals surface area contributed by atoms with Gasteiger partial charge in [-0.3, -0.25) is 0 Å². The summed E-state index contributed by atoms with van der Waals surface area (Å²) in [4.78, 5) is 3.79. The molecule has 0 aliphatic carbocycles. The highest BCUT2D eigenvalue weighted by Crippen LogP contribution is 1.96. The van der Waals surface area contributed by atoms with Crippen LogP contribution >= 0.6 is 0 Å². The zero-order chi connectivity index (χ0) is 12.7. The van der Waals surface area contributed by atoms with E-state index in [2.05, 4.69) is 19.4 Å². The van der Waals surface area contributed by atoms with Crippen molar-refractivity contribution in [2.75, 3.05) is 26.7 Å². The molecule has 8 nitrogen and oxygen atoms in total. The standard InChI is InChI=1S/C8H17N5O3S/c1-13(6-2-4-9)17(14,15)11-5-3-8-10-7-16-12-8/h7,11H,2-6,9H2,1H3. The Bertz CT molecular complexity index is 405. The van der Waals surface area contributed by atoms with E-state index < -0.39 is 10.2 Å². The van der Waals surface area contributed by atoms with Crippen molar-refractivity contribution in [3.05, 3.63) is 12.2 Å². The van der Waals surface area contributed by atoms with Gasteiger partial charge in [0, 0.05) is 26.6 Å². The van der Waals surface area contributed by atoms with Crippen molar-refractivity contribution < 1.29 is 12.9 Å². The molecule has 0 fully saturated rings. The third kappa shape index (κ3) is 4.77. The van der Waals surface area contributed by atoms with Crippen LogP contribution in [-0.4, -0.2) is 49.5 Å². The van der Waals surface area contributed by atoms with E-state index in [0.717, 1.165) is 0 Å². The molecule has 0 atom stereocenters. The molecule has 3 N–H and O–H groups in total. The van der Waals surface area contributed by atoms with Gasteiger partial charge in [0.05, 0.1) is 0 Å². The van der Waals surface area contributed by atoms with Crippen molar-refractivity contribution in [1.82, 2.24) is 19.2 Å². The van der Waals surface area contributed by atoms with Crippen LogP contribution in [0.4, 0.5) is 0 Å². The third-order valence-electron chi connectivity index (χ3n) is 2.13. The van der Waals surface area contributed by atoms with Crippen LogP contribution < -0.4 is 10.5 Å². The van der Waals surface area contributed by atoms with Gasteiger partial charge in [-0.15, -0.1) is 0 Å². The number of nitrogens with two attached hydrogens (primary N) is 1. The molecular weight excluding hydrogens is 246 g/mol. The van der Waals surface area contributed by atoms with Crippen LogP contribution in [-0.2, 0) is 16.6 Å². The minimum Gasteiger partial charge on any atom is -0.343 e. The molecule has 0 bridgehead atoms. The Labute approximate surface area is 100 Å². The maximum Gasteiger partial charge on any atom is 0.279 e. The van der Waals surface area contributed by atoms with Gasteiger partial charge in [-0.2, -0.15) is 17.7 Å². The molecule has 1 aromatic heterocycles. The summed E-state index contributed by atoms with van der Waals surface area (Å²) in [5.41, 5.74) is 5.32. The summed E-state index contributed by atoms with van der Waals surface area (Å²) in [6, 6.07) is 0. The molecule has 9 heteroatoms. The highest BCUT2D eigenvalue weighted by molar-refractivity contribution is 7.87. The lowest BCUT2D eigenvalue weighted by molar-refractivity contribution is 0.409. The van der Waals surface area contributed by atoms with Crippen LogP contribution in [0.25, 0.3) is 0 Å². The number of rotatable bonds is 8. The molecule has 0 unspecified atom stereocenters. The molecule has 0 aliphatic rings. The van der Waals surface area contributed by atoms with Crippen LogP contribution in [0.5, 0.6) is 0 Å². The normalized spacial score (nSPS) is 12.2. The van der Waals surface area contributed by atoms with Gasteiger partial charge in [0.1, 0.15) is 0 Å². The van der Waals surface area contributed by atoms with Crippen molar-refractivity contribution >= 4 is 10.2 Å². The van der Waals surface area contributed by atoms with Crippen molar-refractivity contribution in [1.29, 1.82) is 0 Å². The molecule has 0 saturated carbocycles. The van der Waals surface area contributed by atoms with Gasteiger partial charge in [0.2, 0.25) is 6.39 Å². The van der Waals surface area contributed by atoms with E-state index in [1.54, 1.807) is 0 Å². The van der Waals surface area contributed by atoms with Gasteiger partial charge in [-0.25, -0.2) is 4.72 Å². The van der Waals surface area contributed by atoms with Crippen molar-refractivity contribution in [3.8, 4) is 0 Å². The van der Waals surface area contributed by atoms with Gasteiger partial charge in [-0.1, -0.05) is 5.16 Å². The van der Waals surface area contributed by atoms with Crippen molar-refractivity contribution in [3.63, 3.8) is 0 Å². The van der Waals surface area contributed by atoms with Crippen molar-refractivity contribution in [2.45, 2.75) is 12.8 Å². The molecule has 17 heavy (non-hydrogen) atoms. The number of hydrogen-bond acceptors (Lipinski definition) is 6. The van der Waals surface area contributed by atoms with Gasteiger partial charge in [-0.05, 0) is 13.0 Å². The Hall–Kier alpha value is -1.03. The van der Waals surface area contributed by atoms with Crippen molar-refractivity contribution in [2.24, 2.45) is 5.73 Å². The molecule has 1 aromatic rings. The summed E-state index contributed by atoms with van der Waals surface area (Å²) in [5, 5.41) is 3.58. The molecule has 0 saturated heterocycles. The predicted octanol–water partition coefficient (Wildman–Crippen LogP) is -1.27. The monoisotopic (exact) mass is 263 g/mol. The summed E-state index contributed by atoms with van der Waals surface area (Å²) in [6.07, 6.45) is 2.22. The third-order valence-corrected chi connectivity index (χ3v) is 3.70. The predicted molar refractivity (Wildman–Crippen MR) is 61.2 cm³/mol. The number of hydrogen-bond donors (Lipinski definition) is 2. The first-order chi connectivity index (χ1) is 8.06. The van der Waals surface area contributed by atoms with Gasteiger partial charge < -0.3 is 10.3 Å². The molecule has 1 rings (SSSR count). The fraction of sp³-hybridized carbons (Fsp3) is 0.750. The molecule has 0 aliphatic heterocycles. The van der Waals surface area contributed by atoms with Crippen LogP contribution in [0.15, 0.2) is 10.9 Å². The quantitative estimate of drug-likeness (QED) is 0.604. The molecule has 0 amide bonds. The second-order valence-electron chi connectivity index (χ2n) is 3.46. The average molecular weight is 263 g/mol. The minimum absolute atomic E-state index is 0.231. The largest absolute Gasteiger partial charge is 0.343 e. The molecular formula is C8H17N5O3S. The fourth-order valence-electron chi connectivity index (χ4n) is 1.14. The minimum atomic E-state index is -3.44. The van der Waals surface area contributed by atoms with Crippen LogP contribution in [0.3, 0.4) is 0 Å². The average Bonchev–Trinajstić information content (AvgIpc) is 2.78. The van der Waals surface area contributed by atoms with E-state index in [1.165, 1.54) is 17.7 Å². The molecule has 0 spiro atoms. The lowest BCUT2D eigenvalue weighted by atomic mass is 10.4. The Morgan fingerprint density at radius 2 is 2.35 bits per heavy atom. The lowest BCUT2D eigenvalue weighted by Gasteiger charge is -2.16. The van der Waals surface area contributed by atoms with E-state index >= 15 is 0 Å². The van der Waals surface area contributed by atoms with E-state index in [-0.39, 0.29) is 6.54 Å². The second-order valence-corrected chi connectivity index (χ2v) is 5.32. The summed E-state index contributed by atoms with van der Waals surface area (Å²) < 4.78 is 31.6. The summed E-state index contributed by atoms with van der Waals surface area (Å²) in [5.74, 6) is 0.470. The SMILES string of the molecule is CN(CCCN)S(=O)(=O)NCCc1ncon1. The Morgan fingerprint density at radius 3 is 2.94 bits per heavy atom. The van der Waals surface area contributed by atoms with E-state index in [9.17, 15) is 8.42 Å². The highest BCUT2D eigenvalue weighted by atomic mass is 32.2. The fourth-order valence-corrected chi connectivity index (χ4v) is 2.09. The highest BCUT2D eigenvalue weighted by Gasteiger charge is 2.16. The number of nitrogens with zero attached hydrogens (tertiary/aromatic N) is 3. The second kappa shape index (κ2) is 6.64. The Balaban J connectivity index is 2.33. The zero-order valence-electron chi connectivity index (χ0n) is 9.66. The maximum absolute atomic E-state index is 11.7. The Kier molecular flexibility index (Phi) is 5.48. The van der Waals surface area contributed by atoms with Gasteiger partial charge >= 0.3 is 0 Å². The van der Waals surface area contributed by atoms with Gasteiger partial charge in [0.25, 0.3) is 10.2 Å². The summed E-state index contributed by atoms with van der Waals surface area (Å²) in [7, 11) is -1.94.